The van der Waals surface area contributed by atoms with Crippen LogP contribution < -0.4 is 4.72 Å². The van der Waals surface area contributed by atoms with Crippen molar-refractivity contribution in [2.45, 2.75) is 39.0 Å². The van der Waals surface area contributed by atoms with Crippen molar-refractivity contribution < 1.29 is 17.9 Å². The van der Waals surface area contributed by atoms with Gasteiger partial charge in [0.25, 0.3) is 0 Å². The number of hydrogen-bond donors (Lipinski definition) is 2. The predicted molar refractivity (Wildman–Crippen MR) is 79.5 cm³/mol. The molecule has 0 aliphatic heterocycles. The number of sulfonamides is 1. The average molecular weight is 312 g/mol. The molecule has 0 unspecified atom stereocenters. The number of aromatic nitrogens is 1. The molecule has 0 saturated heterocycles. The van der Waals surface area contributed by atoms with Crippen molar-refractivity contribution in [2.75, 3.05) is 13.2 Å². The van der Waals surface area contributed by atoms with Crippen molar-refractivity contribution in [3.63, 3.8) is 0 Å². The van der Waals surface area contributed by atoms with Gasteiger partial charge in [0, 0.05) is 24.2 Å². The zero-order valence-corrected chi connectivity index (χ0v) is 13.5. The lowest BCUT2D eigenvalue weighted by molar-refractivity contribution is 0.0519. The fraction of sp³-hybridized carbons (Fsp3) is 0.500. The van der Waals surface area contributed by atoms with Crippen LogP contribution in [0.2, 0.25) is 0 Å². The standard InChI is InChI=1S/C14H20N2O4S/c1-5-7-8-9-15-21(18,19)13-10(3)12(16-11(13)4)14(17)20-6-2/h15-16H,6,8-9H2,1-4H3. The normalized spacial score (nSPS) is 10.9. The minimum absolute atomic E-state index is 0.0926. The van der Waals surface area contributed by atoms with Crippen molar-refractivity contribution in [2.24, 2.45) is 0 Å². The summed E-state index contributed by atoms with van der Waals surface area (Å²) in [5.41, 5.74) is 0.938. The van der Waals surface area contributed by atoms with E-state index in [0.29, 0.717) is 17.7 Å². The average Bonchev–Trinajstić information content (AvgIpc) is 2.71. The second-order valence-corrected chi connectivity index (χ2v) is 6.08. The van der Waals surface area contributed by atoms with Crippen LogP contribution in [-0.4, -0.2) is 32.5 Å². The molecule has 1 rings (SSSR count). The molecule has 0 spiro atoms. The molecule has 116 valence electrons. The highest BCUT2D eigenvalue weighted by Crippen LogP contribution is 2.23. The summed E-state index contributed by atoms with van der Waals surface area (Å²) in [4.78, 5) is 14.6. The summed E-state index contributed by atoms with van der Waals surface area (Å²) in [7, 11) is -3.69. The lowest BCUT2D eigenvalue weighted by Gasteiger charge is -2.06. The largest absolute Gasteiger partial charge is 0.461 e. The van der Waals surface area contributed by atoms with Crippen molar-refractivity contribution in [3.8, 4) is 11.8 Å². The Balaban J connectivity index is 3.06. The number of ether oxygens (including phenoxy) is 1. The quantitative estimate of drug-likeness (QED) is 0.473. The molecule has 1 aromatic rings. The van der Waals surface area contributed by atoms with E-state index in [1.165, 1.54) is 0 Å². The molecule has 0 radical (unpaired) electrons. The Morgan fingerprint density at radius 1 is 1.38 bits per heavy atom. The zero-order valence-electron chi connectivity index (χ0n) is 12.7. The lowest BCUT2D eigenvalue weighted by atomic mass is 10.2. The summed E-state index contributed by atoms with van der Waals surface area (Å²) >= 11 is 0. The minimum atomic E-state index is -3.69. The monoisotopic (exact) mass is 312 g/mol. The maximum absolute atomic E-state index is 12.3. The van der Waals surface area contributed by atoms with Crippen LogP contribution in [-0.2, 0) is 14.8 Å². The Bertz CT molecular complexity index is 678. The Morgan fingerprint density at radius 3 is 2.62 bits per heavy atom. The third-order valence-electron chi connectivity index (χ3n) is 2.84. The number of carbonyl (C=O) groups excluding carboxylic acids is 1. The van der Waals surface area contributed by atoms with Crippen LogP contribution in [0.4, 0.5) is 0 Å². The van der Waals surface area contributed by atoms with Gasteiger partial charge >= 0.3 is 5.97 Å². The number of carbonyl (C=O) groups is 1. The molecule has 0 aliphatic carbocycles. The van der Waals surface area contributed by atoms with Gasteiger partial charge in [0.1, 0.15) is 10.6 Å². The fourth-order valence-electron chi connectivity index (χ4n) is 1.99. The number of hydrogen-bond acceptors (Lipinski definition) is 4. The van der Waals surface area contributed by atoms with Gasteiger partial charge in [-0.25, -0.2) is 17.9 Å². The van der Waals surface area contributed by atoms with Crippen molar-refractivity contribution >= 4 is 16.0 Å². The fourth-order valence-corrected chi connectivity index (χ4v) is 3.46. The van der Waals surface area contributed by atoms with E-state index in [1.54, 1.807) is 27.7 Å². The van der Waals surface area contributed by atoms with Crippen LogP contribution in [0.5, 0.6) is 0 Å². The minimum Gasteiger partial charge on any atom is -0.461 e. The predicted octanol–water partition coefficient (Wildman–Crippen LogP) is 1.50. The first-order chi connectivity index (χ1) is 9.85. The summed E-state index contributed by atoms with van der Waals surface area (Å²) in [6.45, 7) is 7.03. The molecule has 21 heavy (non-hydrogen) atoms. The molecule has 0 atom stereocenters. The van der Waals surface area contributed by atoms with Crippen molar-refractivity contribution in [1.82, 2.24) is 9.71 Å². The molecule has 0 fully saturated rings. The molecular weight excluding hydrogens is 292 g/mol. The first kappa shape index (κ1) is 17.3. The van der Waals surface area contributed by atoms with E-state index in [2.05, 4.69) is 21.5 Å². The van der Waals surface area contributed by atoms with E-state index in [-0.39, 0.29) is 23.7 Å². The number of esters is 1. The Kier molecular flexibility index (Phi) is 6.00. The highest BCUT2D eigenvalue weighted by atomic mass is 32.2. The van der Waals surface area contributed by atoms with Crippen molar-refractivity contribution in [3.05, 3.63) is 17.0 Å². The van der Waals surface area contributed by atoms with Gasteiger partial charge in [-0.2, -0.15) is 0 Å². The van der Waals surface area contributed by atoms with E-state index in [9.17, 15) is 13.2 Å². The van der Waals surface area contributed by atoms with Gasteiger partial charge in [0.2, 0.25) is 10.0 Å². The number of aryl methyl sites for hydroxylation is 1. The number of rotatable bonds is 6. The van der Waals surface area contributed by atoms with Crippen molar-refractivity contribution in [1.29, 1.82) is 0 Å². The molecular formula is C14H20N2O4S. The van der Waals surface area contributed by atoms with Gasteiger partial charge in [-0.05, 0) is 27.7 Å². The zero-order chi connectivity index (χ0) is 16.0. The van der Waals surface area contributed by atoms with Gasteiger partial charge in [0.15, 0.2) is 0 Å². The Labute approximate surface area is 125 Å². The van der Waals surface area contributed by atoms with Gasteiger partial charge in [0.05, 0.1) is 6.61 Å². The first-order valence-corrected chi connectivity index (χ1v) is 8.09. The molecule has 1 aromatic heterocycles. The van der Waals surface area contributed by atoms with Crippen LogP contribution >= 0.6 is 0 Å². The Hall–Kier alpha value is -1.78. The van der Waals surface area contributed by atoms with E-state index in [4.69, 9.17) is 4.74 Å². The molecule has 0 amide bonds. The highest BCUT2D eigenvalue weighted by Gasteiger charge is 2.26. The molecule has 0 aromatic carbocycles. The maximum Gasteiger partial charge on any atom is 0.355 e. The molecule has 0 aliphatic rings. The smallest absolute Gasteiger partial charge is 0.355 e. The molecule has 6 nitrogen and oxygen atoms in total. The second-order valence-electron chi connectivity index (χ2n) is 4.37. The van der Waals surface area contributed by atoms with Gasteiger partial charge in [-0.1, -0.05) is 0 Å². The van der Waals surface area contributed by atoms with Crippen LogP contribution in [0.3, 0.4) is 0 Å². The molecule has 1 heterocycles. The number of H-pyrrole nitrogens is 1. The lowest BCUT2D eigenvalue weighted by Crippen LogP contribution is -2.25. The van der Waals surface area contributed by atoms with E-state index in [1.807, 2.05) is 0 Å². The van der Waals surface area contributed by atoms with E-state index < -0.39 is 16.0 Å². The SMILES string of the molecule is CC#CCCNS(=O)(=O)c1c(C)[nH]c(C(=O)OCC)c1C. The number of nitrogens with one attached hydrogen (secondary N) is 2. The summed E-state index contributed by atoms with van der Waals surface area (Å²) in [6.07, 6.45) is 0.434. The third-order valence-corrected chi connectivity index (χ3v) is 4.57. The van der Waals surface area contributed by atoms with Crippen LogP contribution in [0.15, 0.2) is 4.90 Å². The summed E-state index contributed by atoms with van der Waals surface area (Å²) in [5.74, 6) is 4.92. The van der Waals surface area contributed by atoms with E-state index in [0.717, 1.165) is 0 Å². The van der Waals surface area contributed by atoms with Gasteiger partial charge in [-0.3, -0.25) is 0 Å². The molecule has 0 bridgehead atoms. The summed E-state index contributed by atoms with van der Waals surface area (Å²) < 4.78 is 32.0. The maximum atomic E-state index is 12.3. The first-order valence-electron chi connectivity index (χ1n) is 6.60. The number of aromatic amines is 1. The Morgan fingerprint density at radius 2 is 2.05 bits per heavy atom. The topological polar surface area (TPSA) is 88.3 Å². The molecule has 7 heteroatoms. The van der Waals surface area contributed by atoms with Gasteiger partial charge < -0.3 is 9.72 Å². The van der Waals surface area contributed by atoms with Gasteiger partial charge in [-0.15, -0.1) is 11.8 Å². The van der Waals surface area contributed by atoms with E-state index >= 15 is 0 Å². The summed E-state index contributed by atoms with van der Waals surface area (Å²) in [6, 6.07) is 0. The second kappa shape index (κ2) is 7.29. The molecule has 2 N–H and O–H groups in total. The van der Waals surface area contributed by atoms with Crippen LogP contribution in [0.25, 0.3) is 0 Å². The van der Waals surface area contributed by atoms with Crippen LogP contribution in [0.1, 0.15) is 42.0 Å². The molecule has 0 saturated carbocycles. The summed E-state index contributed by atoms with van der Waals surface area (Å²) in [5, 5.41) is 0. The highest BCUT2D eigenvalue weighted by molar-refractivity contribution is 7.89. The van der Waals surface area contributed by atoms with Crippen LogP contribution in [0, 0.1) is 25.7 Å². The third kappa shape index (κ3) is 4.09.